The number of piperidine rings is 1. The van der Waals surface area contributed by atoms with Crippen LogP contribution in [0.1, 0.15) is 47.0 Å². The van der Waals surface area contributed by atoms with E-state index in [0.717, 1.165) is 12.8 Å². The summed E-state index contributed by atoms with van der Waals surface area (Å²) in [5.41, 5.74) is 0.279. The summed E-state index contributed by atoms with van der Waals surface area (Å²) in [6.07, 6.45) is 2.38. The van der Waals surface area contributed by atoms with E-state index in [1.165, 1.54) is 0 Å². The zero-order valence-corrected chi connectivity index (χ0v) is 12.4. The maximum absolute atomic E-state index is 12.1. The summed E-state index contributed by atoms with van der Waals surface area (Å²) in [5, 5.41) is 11.8. The third-order valence-electron chi connectivity index (χ3n) is 3.71. The maximum atomic E-state index is 12.1. The average Bonchev–Trinajstić information content (AvgIpc) is 2.27. The first-order valence-electron chi connectivity index (χ1n) is 6.99. The number of likely N-dealkylation sites (tertiary alicyclic amines) is 1. The number of urea groups is 1. The Morgan fingerprint density at radius 2 is 1.79 bits per heavy atom. The van der Waals surface area contributed by atoms with E-state index in [9.17, 15) is 9.59 Å². The lowest BCUT2D eigenvalue weighted by molar-refractivity contribution is -0.139. The zero-order valence-electron chi connectivity index (χ0n) is 12.4. The van der Waals surface area contributed by atoms with Gasteiger partial charge >= 0.3 is 12.0 Å². The van der Waals surface area contributed by atoms with Gasteiger partial charge in [0, 0.05) is 13.1 Å². The molecule has 1 aliphatic rings. The van der Waals surface area contributed by atoms with Gasteiger partial charge in [-0.05, 0) is 30.6 Å². The first kappa shape index (κ1) is 15.8. The van der Waals surface area contributed by atoms with Gasteiger partial charge in [-0.25, -0.2) is 9.59 Å². The normalized spacial score (nSPS) is 20.2. The van der Waals surface area contributed by atoms with Crippen molar-refractivity contribution in [2.75, 3.05) is 13.1 Å². The molecule has 5 nitrogen and oxygen atoms in total. The maximum Gasteiger partial charge on any atom is 0.326 e. The number of amides is 2. The fourth-order valence-corrected chi connectivity index (χ4v) is 2.25. The van der Waals surface area contributed by atoms with Gasteiger partial charge in [0.1, 0.15) is 6.04 Å². The minimum Gasteiger partial charge on any atom is -0.480 e. The van der Waals surface area contributed by atoms with Crippen LogP contribution < -0.4 is 5.32 Å². The third-order valence-corrected chi connectivity index (χ3v) is 3.71. The molecule has 1 fully saturated rings. The number of aliphatic carboxylic acids is 1. The number of hydrogen-bond donors (Lipinski definition) is 2. The smallest absolute Gasteiger partial charge is 0.326 e. The molecule has 0 bridgehead atoms. The van der Waals surface area contributed by atoms with Gasteiger partial charge in [0.2, 0.25) is 0 Å². The van der Waals surface area contributed by atoms with Crippen LogP contribution in [0.2, 0.25) is 0 Å². The Morgan fingerprint density at radius 1 is 1.26 bits per heavy atom. The van der Waals surface area contributed by atoms with Crippen LogP contribution in [0.5, 0.6) is 0 Å². The molecule has 0 radical (unpaired) electrons. The van der Waals surface area contributed by atoms with Crippen LogP contribution in [0.3, 0.4) is 0 Å². The van der Waals surface area contributed by atoms with Gasteiger partial charge in [-0.3, -0.25) is 0 Å². The minimum absolute atomic E-state index is 0.238. The van der Waals surface area contributed by atoms with E-state index in [-0.39, 0.29) is 17.4 Å². The van der Waals surface area contributed by atoms with Crippen molar-refractivity contribution in [1.29, 1.82) is 0 Å². The van der Waals surface area contributed by atoms with E-state index in [1.54, 1.807) is 4.90 Å². The molecule has 0 aromatic carbocycles. The Morgan fingerprint density at radius 3 is 2.21 bits per heavy atom. The number of carboxylic acid groups (broad SMARTS) is 1. The molecule has 0 aromatic rings. The first-order chi connectivity index (χ1) is 8.71. The standard InChI is InChI=1S/C14H26N2O3/c1-10(2)9-11(12(17)18)15-13(19)16-7-5-14(3,4)6-8-16/h10-11H,5-9H2,1-4H3,(H,15,19)(H,17,18)/t11-/m1/s1. The van der Waals surface area contributed by atoms with Gasteiger partial charge < -0.3 is 15.3 Å². The third kappa shape index (κ3) is 5.09. The highest BCUT2D eigenvalue weighted by Crippen LogP contribution is 2.29. The molecule has 110 valence electrons. The van der Waals surface area contributed by atoms with E-state index in [4.69, 9.17) is 5.11 Å². The van der Waals surface area contributed by atoms with Crippen molar-refractivity contribution in [2.45, 2.75) is 53.0 Å². The van der Waals surface area contributed by atoms with Gasteiger partial charge in [0.25, 0.3) is 0 Å². The highest BCUT2D eigenvalue weighted by atomic mass is 16.4. The van der Waals surface area contributed by atoms with E-state index < -0.39 is 12.0 Å². The van der Waals surface area contributed by atoms with Crippen LogP contribution in [-0.2, 0) is 4.79 Å². The van der Waals surface area contributed by atoms with Crippen LogP contribution in [0.15, 0.2) is 0 Å². The molecular formula is C14H26N2O3. The molecule has 0 aliphatic carbocycles. The topological polar surface area (TPSA) is 69.6 Å². The predicted molar refractivity (Wildman–Crippen MR) is 74.0 cm³/mol. The number of nitrogens with zero attached hydrogens (tertiary/aromatic N) is 1. The molecule has 1 atom stereocenters. The summed E-state index contributed by atoms with van der Waals surface area (Å²) in [7, 11) is 0. The molecule has 1 saturated heterocycles. The van der Waals surface area contributed by atoms with Crippen molar-refractivity contribution in [2.24, 2.45) is 11.3 Å². The van der Waals surface area contributed by atoms with Gasteiger partial charge in [-0.1, -0.05) is 27.7 Å². The lowest BCUT2D eigenvalue weighted by atomic mass is 9.83. The van der Waals surface area contributed by atoms with Crippen molar-refractivity contribution >= 4 is 12.0 Å². The largest absolute Gasteiger partial charge is 0.480 e. The van der Waals surface area contributed by atoms with Crippen LogP contribution in [0.4, 0.5) is 4.79 Å². The number of carbonyl (C=O) groups excluding carboxylic acids is 1. The van der Waals surface area contributed by atoms with Gasteiger partial charge in [0.05, 0.1) is 0 Å². The van der Waals surface area contributed by atoms with E-state index in [2.05, 4.69) is 19.2 Å². The quantitative estimate of drug-likeness (QED) is 0.823. The van der Waals surface area contributed by atoms with Crippen LogP contribution in [0.25, 0.3) is 0 Å². The summed E-state index contributed by atoms with van der Waals surface area (Å²) < 4.78 is 0. The number of carbonyl (C=O) groups is 2. The number of carboxylic acids is 1. The van der Waals surface area contributed by atoms with Crippen LogP contribution in [-0.4, -0.2) is 41.1 Å². The van der Waals surface area contributed by atoms with Gasteiger partial charge in [0.15, 0.2) is 0 Å². The molecule has 0 unspecified atom stereocenters. The summed E-state index contributed by atoms with van der Waals surface area (Å²) in [4.78, 5) is 24.9. The van der Waals surface area contributed by atoms with Crippen molar-refractivity contribution in [3.8, 4) is 0 Å². The van der Waals surface area contributed by atoms with Crippen LogP contribution >= 0.6 is 0 Å². The zero-order chi connectivity index (χ0) is 14.6. The van der Waals surface area contributed by atoms with E-state index in [0.29, 0.717) is 19.5 Å². The summed E-state index contributed by atoms with van der Waals surface area (Å²) in [6, 6.07) is -1.04. The second-order valence-corrected chi connectivity index (χ2v) is 6.62. The Balaban J connectivity index is 2.51. The van der Waals surface area contributed by atoms with E-state index in [1.807, 2.05) is 13.8 Å². The molecule has 2 N–H and O–H groups in total. The number of rotatable bonds is 4. The van der Waals surface area contributed by atoms with Crippen LogP contribution in [0, 0.1) is 11.3 Å². The number of hydrogen-bond acceptors (Lipinski definition) is 2. The van der Waals surface area contributed by atoms with Gasteiger partial charge in [-0.2, -0.15) is 0 Å². The average molecular weight is 270 g/mol. The summed E-state index contributed by atoms with van der Waals surface area (Å²) >= 11 is 0. The Hall–Kier alpha value is -1.26. The SMILES string of the molecule is CC(C)C[C@@H](NC(=O)N1CCC(C)(C)CC1)C(=O)O. The first-order valence-corrected chi connectivity index (χ1v) is 6.99. The molecule has 0 saturated carbocycles. The fraction of sp³-hybridized carbons (Fsp3) is 0.857. The van der Waals surface area contributed by atoms with E-state index >= 15 is 0 Å². The Kier molecular flexibility index (Phi) is 5.20. The predicted octanol–water partition coefficient (Wildman–Crippen LogP) is 2.32. The molecule has 1 heterocycles. The summed E-state index contributed by atoms with van der Waals surface area (Å²) in [6.45, 7) is 9.69. The van der Waals surface area contributed by atoms with Crippen molar-refractivity contribution in [3.63, 3.8) is 0 Å². The highest BCUT2D eigenvalue weighted by molar-refractivity contribution is 5.82. The van der Waals surface area contributed by atoms with Gasteiger partial charge in [-0.15, -0.1) is 0 Å². The van der Waals surface area contributed by atoms with Crippen molar-refractivity contribution < 1.29 is 14.7 Å². The van der Waals surface area contributed by atoms with Crippen molar-refractivity contribution in [1.82, 2.24) is 10.2 Å². The molecule has 19 heavy (non-hydrogen) atoms. The van der Waals surface area contributed by atoms with Crippen molar-refractivity contribution in [3.05, 3.63) is 0 Å². The summed E-state index contributed by atoms with van der Waals surface area (Å²) in [5.74, 6) is -0.721. The molecule has 1 aliphatic heterocycles. The monoisotopic (exact) mass is 270 g/mol. The number of nitrogens with one attached hydrogen (secondary N) is 1. The molecular weight excluding hydrogens is 244 g/mol. The molecule has 5 heteroatoms. The Labute approximate surface area is 115 Å². The Bertz CT molecular complexity index is 330. The molecule has 1 rings (SSSR count). The second-order valence-electron chi connectivity index (χ2n) is 6.62. The molecule has 0 spiro atoms. The fourth-order valence-electron chi connectivity index (χ4n) is 2.25. The lowest BCUT2D eigenvalue weighted by Crippen LogP contribution is -2.51. The lowest BCUT2D eigenvalue weighted by Gasteiger charge is -2.37. The second kappa shape index (κ2) is 6.26. The minimum atomic E-state index is -0.959. The highest BCUT2D eigenvalue weighted by Gasteiger charge is 2.30. The molecule has 0 aromatic heterocycles. The molecule has 2 amide bonds.